The van der Waals surface area contributed by atoms with Gasteiger partial charge in [-0.25, -0.2) is 10.2 Å². The van der Waals surface area contributed by atoms with Crippen LogP contribution in [0, 0.1) is 0 Å². The van der Waals surface area contributed by atoms with Crippen LogP contribution in [0.2, 0.25) is 0 Å². The number of rotatable bonds is 3. The zero-order valence-electron chi connectivity index (χ0n) is 12.4. The summed E-state index contributed by atoms with van der Waals surface area (Å²) in [4.78, 5) is 27.2. The summed E-state index contributed by atoms with van der Waals surface area (Å²) in [6.45, 7) is -0.622. The molecule has 132 valence electrons. The number of hydrogen-bond donors (Lipinski definition) is 7. The van der Waals surface area contributed by atoms with E-state index >= 15 is 0 Å². The largest absolute Gasteiger partial charge is 0.394 e. The van der Waals surface area contributed by atoms with Crippen LogP contribution in [0.1, 0.15) is 10.4 Å². The van der Waals surface area contributed by atoms with Crippen LogP contribution in [0.25, 0.3) is 0 Å². The molecule has 0 bridgehead atoms. The van der Waals surface area contributed by atoms with E-state index in [1.807, 2.05) is 5.43 Å². The summed E-state index contributed by atoms with van der Waals surface area (Å²) in [5, 5.41) is 40.2. The van der Waals surface area contributed by atoms with Crippen molar-refractivity contribution >= 4 is 11.9 Å². The number of hydrogen-bond acceptors (Lipinski definition) is 8. The van der Waals surface area contributed by atoms with Crippen LogP contribution in [-0.2, 0) is 4.74 Å². The molecule has 1 aliphatic heterocycles. The Bertz CT molecular complexity index is 571. The highest BCUT2D eigenvalue weighted by Crippen LogP contribution is 2.19. The number of urea groups is 1. The van der Waals surface area contributed by atoms with Crippen molar-refractivity contribution < 1.29 is 34.8 Å². The van der Waals surface area contributed by atoms with Crippen molar-refractivity contribution in [3.05, 3.63) is 30.1 Å². The number of ether oxygens (including phenoxy) is 1. The molecule has 1 aliphatic rings. The maximum atomic E-state index is 11.7. The van der Waals surface area contributed by atoms with Crippen molar-refractivity contribution in [3.8, 4) is 0 Å². The fourth-order valence-electron chi connectivity index (χ4n) is 2.08. The van der Waals surface area contributed by atoms with Crippen LogP contribution in [0.4, 0.5) is 4.79 Å². The third kappa shape index (κ3) is 4.15. The molecular formula is C13H18N4O7. The molecule has 0 radical (unpaired) electrons. The molecule has 11 heteroatoms. The van der Waals surface area contributed by atoms with Gasteiger partial charge in [-0.15, -0.1) is 0 Å². The summed E-state index contributed by atoms with van der Waals surface area (Å²) in [7, 11) is 0. The Kier molecular flexibility index (Phi) is 6.00. The zero-order chi connectivity index (χ0) is 17.7. The molecular weight excluding hydrogens is 324 g/mol. The van der Waals surface area contributed by atoms with Gasteiger partial charge < -0.3 is 30.5 Å². The predicted octanol–water partition coefficient (Wildman–Crippen LogP) is -3.17. The molecule has 0 spiro atoms. The third-order valence-electron chi connectivity index (χ3n) is 3.40. The number of amides is 3. The van der Waals surface area contributed by atoms with Gasteiger partial charge >= 0.3 is 6.03 Å². The van der Waals surface area contributed by atoms with Crippen molar-refractivity contribution in [2.45, 2.75) is 30.6 Å². The summed E-state index contributed by atoms with van der Waals surface area (Å²) in [5.41, 5.74) is 4.42. The maximum Gasteiger partial charge on any atom is 0.335 e. The van der Waals surface area contributed by atoms with E-state index in [0.717, 1.165) is 0 Å². The Labute approximate surface area is 136 Å². The zero-order valence-corrected chi connectivity index (χ0v) is 12.4. The number of aliphatic hydroxyl groups is 4. The topological polar surface area (TPSA) is 173 Å². The lowest BCUT2D eigenvalue weighted by molar-refractivity contribution is -0.233. The molecule has 5 unspecified atom stereocenters. The second kappa shape index (κ2) is 7.99. The molecule has 11 nitrogen and oxygen atoms in total. The van der Waals surface area contributed by atoms with E-state index in [2.05, 4.69) is 15.7 Å². The van der Waals surface area contributed by atoms with Crippen LogP contribution in [0.15, 0.2) is 24.5 Å². The summed E-state index contributed by atoms with van der Waals surface area (Å²) < 4.78 is 5.09. The lowest BCUT2D eigenvalue weighted by Gasteiger charge is -2.39. The van der Waals surface area contributed by atoms with Gasteiger partial charge in [0.2, 0.25) is 0 Å². The van der Waals surface area contributed by atoms with Gasteiger partial charge in [-0.05, 0) is 12.1 Å². The van der Waals surface area contributed by atoms with E-state index in [4.69, 9.17) is 9.84 Å². The van der Waals surface area contributed by atoms with Crippen LogP contribution in [0.5, 0.6) is 0 Å². The lowest BCUT2D eigenvalue weighted by atomic mass is 9.98. The molecule has 1 fully saturated rings. The highest BCUT2D eigenvalue weighted by molar-refractivity contribution is 5.95. The molecule has 0 aromatic carbocycles. The minimum atomic E-state index is -1.62. The van der Waals surface area contributed by atoms with E-state index < -0.39 is 49.2 Å². The summed E-state index contributed by atoms with van der Waals surface area (Å²) in [5.74, 6) is -0.596. The third-order valence-corrected chi connectivity index (χ3v) is 3.40. The summed E-state index contributed by atoms with van der Waals surface area (Å²) in [6.07, 6.45) is -4.50. The minimum absolute atomic E-state index is 0.262. The van der Waals surface area contributed by atoms with Gasteiger partial charge in [-0.3, -0.25) is 15.2 Å². The van der Waals surface area contributed by atoms with E-state index in [-0.39, 0.29) is 5.56 Å². The fraction of sp³-hybridized carbons (Fsp3) is 0.462. The molecule has 7 N–H and O–H groups in total. The first-order valence-corrected chi connectivity index (χ1v) is 7.01. The van der Waals surface area contributed by atoms with E-state index in [0.29, 0.717) is 0 Å². The Hall–Kier alpha value is -2.31. The highest BCUT2D eigenvalue weighted by atomic mass is 16.6. The number of pyridine rings is 1. The van der Waals surface area contributed by atoms with Crippen LogP contribution in [0.3, 0.4) is 0 Å². The van der Waals surface area contributed by atoms with Gasteiger partial charge in [-0.2, -0.15) is 0 Å². The highest BCUT2D eigenvalue weighted by Gasteiger charge is 2.44. The van der Waals surface area contributed by atoms with Crippen molar-refractivity contribution in [3.63, 3.8) is 0 Å². The summed E-state index contributed by atoms with van der Waals surface area (Å²) >= 11 is 0. The average Bonchev–Trinajstić information content (AvgIpc) is 2.60. The SMILES string of the molecule is O=C(NNC(=O)c1ccncc1)NC1OC(CO)C(O)C(O)C1O. The number of nitrogens with one attached hydrogen (secondary N) is 3. The number of nitrogens with zero attached hydrogens (tertiary/aromatic N) is 1. The van der Waals surface area contributed by atoms with Gasteiger partial charge in [0.05, 0.1) is 6.61 Å². The maximum absolute atomic E-state index is 11.7. The molecule has 2 rings (SSSR count). The smallest absolute Gasteiger partial charge is 0.335 e. The van der Waals surface area contributed by atoms with Crippen LogP contribution in [-0.4, -0.2) is 74.6 Å². The molecule has 1 aromatic heterocycles. The Balaban J connectivity index is 1.86. The lowest BCUT2D eigenvalue weighted by Crippen LogP contribution is -2.64. The molecule has 1 aromatic rings. The van der Waals surface area contributed by atoms with Crippen molar-refractivity contribution in [1.29, 1.82) is 0 Å². The monoisotopic (exact) mass is 342 g/mol. The first-order valence-electron chi connectivity index (χ1n) is 7.01. The van der Waals surface area contributed by atoms with E-state index in [1.165, 1.54) is 24.5 Å². The fourth-order valence-corrected chi connectivity index (χ4v) is 2.08. The Morgan fingerprint density at radius 1 is 1.08 bits per heavy atom. The van der Waals surface area contributed by atoms with Crippen molar-refractivity contribution in [2.24, 2.45) is 0 Å². The predicted molar refractivity (Wildman–Crippen MR) is 77.1 cm³/mol. The van der Waals surface area contributed by atoms with Gasteiger partial charge in [0.25, 0.3) is 5.91 Å². The number of aromatic nitrogens is 1. The summed E-state index contributed by atoms with van der Waals surface area (Å²) in [6, 6.07) is 1.95. The normalized spacial score (nSPS) is 29.6. The number of hydrazine groups is 1. The Morgan fingerprint density at radius 2 is 1.75 bits per heavy atom. The van der Waals surface area contributed by atoms with Crippen molar-refractivity contribution in [2.75, 3.05) is 6.61 Å². The van der Waals surface area contributed by atoms with Gasteiger partial charge in [-0.1, -0.05) is 0 Å². The number of aliphatic hydroxyl groups excluding tert-OH is 4. The van der Waals surface area contributed by atoms with Crippen molar-refractivity contribution in [1.82, 2.24) is 21.2 Å². The number of carbonyl (C=O) groups is 2. The van der Waals surface area contributed by atoms with Crippen LogP contribution >= 0.6 is 0 Å². The molecule has 0 aliphatic carbocycles. The second-order valence-electron chi connectivity index (χ2n) is 5.04. The van der Waals surface area contributed by atoms with E-state index in [9.17, 15) is 24.9 Å². The minimum Gasteiger partial charge on any atom is -0.394 e. The first kappa shape index (κ1) is 18.0. The standard InChI is InChI=1S/C13H18N4O7/c18-5-7-8(19)9(20)10(21)12(24-7)15-13(23)17-16-11(22)6-1-3-14-4-2-6/h1-4,7-10,12,18-21H,5H2,(H,16,22)(H2,15,17,23). The Morgan fingerprint density at radius 3 is 2.38 bits per heavy atom. The second-order valence-corrected chi connectivity index (χ2v) is 5.04. The quantitative estimate of drug-likeness (QED) is 0.282. The number of carbonyl (C=O) groups excluding carboxylic acids is 2. The molecule has 1 saturated heterocycles. The van der Waals surface area contributed by atoms with Gasteiger partial charge in [0.15, 0.2) is 6.23 Å². The van der Waals surface area contributed by atoms with Crippen LogP contribution < -0.4 is 16.2 Å². The van der Waals surface area contributed by atoms with Gasteiger partial charge in [0.1, 0.15) is 24.4 Å². The molecule has 2 heterocycles. The molecule has 0 saturated carbocycles. The molecule has 5 atom stereocenters. The molecule has 24 heavy (non-hydrogen) atoms. The van der Waals surface area contributed by atoms with Gasteiger partial charge in [0, 0.05) is 18.0 Å². The first-order chi connectivity index (χ1) is 11.4. The molecule has 3 amide bonds. The average molecular weight is 342 g/mol. The van der Waals surface area contributed by atoms with E-state index in [1.54, 1.807) is 0 Å².